The molecule has 0 heteroatoms. The molecule has 0 N–H and O–H groups in total. The third-order valence-corrected chi connectivity index (χ3v) is 6.06. The number of rotatable bonds is 4. The van der Waals surface area contributed by atoms with Gasteiger partial charge in [0.25, 0.3) is 0 Å². The van der Waals surface area contributed by atoms with Crippen molar-refractivity contribution in [2.24, 2.45) is 23.7 Å². The second kappa shape index (κ2) is 11.4. The molecule has 0 heterocycles. The van der Waals surface area contributed by atoms with Crippen LogP contribution < -0.4 is 0 Å². The van der Waals surface area contributed by atoms with E-state index in [1.54, 1.807) is 0 Å². The maximum absolute atomic E-state index is 3.45. The van der Waals surface area contributed by atoms with Crippen LogP contribution in [-0.2, 0) is 0 Å². The summed E-state index contributed by atoms with van der Waals surface area (Å²) in [5.74, 6) is 16.5. The van der Waals surface area contributed by atoms with Crippen molar-refractivity contribution in [3.63, 3.8) is 0 Å². The standard InChI is InChI=1S/C24H36/c1-3-5-10-22-17-19-24(20-18-22)12-9-7-6-8-11-23-15-13-21(4-2)14-16-23/h6-7,21-24H,3-5,10,13-20H2,1-2H3. The molecule has 0 unspecified atom stereocenters. The summed E-state index contributed by atoms with van der Waals surface area (Å²) in [4.78, 5) is 0. The SMILES string of the molecule is CCCCC1CCC(C#CC=CC#CC2CCC(CC)CC2)CC1. The van der Waals surface area contributed by atoms with Gasteiger partial charge in [-0.25, -0.2) is 0 Å². The van der Waals surface area contributed by atoms with E-state index < -0.39 is 0 Å². The van der Waals surface area contributed by atoms with Crippen molar-refractivity contribution < 1.29 is 0 Å². The molecule has 2 saturated carbocycles. The highest BCUT2D eigenvalue weighted by Crippen LogP contribution is 2.31. The zero-order chi connectivity index (χ0) is 17.0. The minimum atomic E-state index is 0.629. The maximum atomic E-state index is 3.45. The highest BCUT2D eigenvalue weighted by molar-refractivity contribution is 5.26. The Hall–Kier alpha value is -1.14. The highest BCUT2D eigenvalue weighted by Gasteiger charge is 2.19. The zero-order valence-electron chi connectivity index (χ0n) is 15.9. The van der Waals surface area contributed by atoms with Crippen LogP contribution in [0.3, 0.4) is 0 Å². The molecule has 0 radical (unpaired) electrons. The summed E-state index contributed by atoms with van der Waals surface area (Å²) in [6, 6.07) is 0. The molecular weight excluding hydrogens is 288 g/mol. The average Bonchev–Trinajstić information content (AvgIpc) is 2.64. The Labute approximate surface area is 150 Å². The summed E-state index contributed by atoms with van der Waals surface area (Å²) >= 11 is 0. The molecule has 2 aliphatic carbocycles. The van der Waals surface area contributed by atoms with Gasteiger partial charge in [-0.3, -0.25) is 0 Å². The molecule has 0 aromatic rings. The number of unbranched alkanes of at least 4 members (excludes halogenated alkanes) is 1. The lowest BCUT2D eigenvalue weighted by molar-refractivity contribution is 0.296. The Morgan fingerprint density at radius 1 is 0.708 bits per heavy atom. The van der Waals surface area contributed by atoms with Crippen LogP contribution in [0.4, 0.5) is 0 Å². The smallest absolute Gasteiger partial charge is 0.0206 e. The van der Waals surface area contributed by atoms with Gasteiger partial charge in [-0.05, 0) is 75.4 Å². The summed E-state index contributed by atoms with van der Waals surface area (Å²) in [5, 5.41) is 0. The molecule has 24 heavy (non-hydrogen) atoms. The first-order valence-electron chi connectivity index (χ1n) is 10.5. The second-order valence-corrected chi connectivity index (χ2v) is 7.90. The summed E-state index contributed by atoms with van der Waals surface area (Å²) in [6.07, 6.45) is 20.2. The number of allylic oxidation sites excluding steroid dienone is 2. The van der Waals surface area contributed by atoms with Crippen LogP contribution in [0.1, 0.15) is 90.9 Å². The van der Waals surface area contributed by atoms with Gasteiger partial charge in [0.15, 0.2) is 0 Å². The maximum Gasteiger partial charge on any atom is 0.0206 e. The van der Waals surface area contributed by atoms with Gasteiger partial charge >= 0.3 is 0 Å². The van der Waals surface area contributed by atoms with Crippen LogP contribution in [0, 0.1) is 47.4 Å². The molecule has 0 aliphatic heterocycles. The first-order chi connectivity index (χ1) is 11.8. The highest BCUT2D eigenvalue weighted by atomic mass is 14.2. The molecule has 0 amide bonds. The third kappa shape index (κ3) is 7.18. The van der Waals surface area contributed by atoms with Gasteiger partial charge in [-0.2, -0.15) is 0 Å². The molecule has 0 aromatic heterocycles. The van der Waals surface area contributed by atoms with Gasteiger partial charge in [0.05, 0.1) is 0 Å². The number of hydrogen-bond donors (Lipinski definition) is 0. The van der Waals surface area contributed by atoms with Crippen LogP contribution in [0.5, 0.6) is 0 Å². The molecule has 132 valence electrons. The van der Waals surface area contributed by atoms with Gasteiger partial charge in [0.1, 0.15) is 0 Å². The van der Waals surface area contributed by atoms with E-state index in [2.05, 4.69) is 37.5 Å². The van der Waals surface area contributed by atoms with E-state index in [-0.39, 0.29) is 0 Å². The van der Waals surface area contributed by atoms with Gasteiger partial charge in [-0.15, -0.1) is 0 Å². The molecule has 2 aliphatic rings. The van der Waals surface area contributed by atoms with Gasteiger partial charge in [0.2, 0.25) is 0 Å². The fourth-order valence-electron chi connectivity index (χ4n) is 4.22. The topological polar surface area (TPSA) is 0 Å². The Kier molecular flexibility index (Phi) is 9.13. The predicted octanol–water partition coefficient (Wildman–Crippen LogP) is 6.76. The second-order valence-electron chi connectivity index (χ2n) is 7.90. The van der Waals surface area contributed by atoms with E-state index in [0.717, 1.165) is 11.8 Å². The molecule has 0 saturated heterocycles. The van der Waals surface area contributed by atoms with Gasteiger partial charge in [0, 0.05) is 11.8 Å². The van der Waals surface area contributed by atoms with Crippen LogP contribution in [0.2, 0.25) is 0 Å². The first kappa shape index (κ1) is 19.2. The van der Waals surface area contributed by atoms with E-state index in [1.165, 1.54) is 77.0 Å². The molecule has 2 rings (SSSR count). The van der Waals surface area contributed by atoms with Crippen molar-refractivity contribution in [2.45, 2.75) is 90.9 Å². The van der Waals surface area contributed by atoms with E-state index in [9.17, 15) is 0 Å². The van der Waals surface area contributed by atoms with E-state index in [4.69, 9.17) is 0 Å². The van der Waals surface area contributed by atoms with Gasteiger partial charge < -0.3 is 0 Å². The summed E-state index contributed by atoms with van der Waals surface area (Å²) < 4.78 is 0. The van der Waals surface area contributed by atoms with Crippen LogP contribution in [-0.4, -0.2) is 0 Å². The molecular formula is C24H36. The Morgan fingerprint density at radius 2 is 1.21 bits per heavy atom. The van der Waals surface area contributed by atoms with E-state index in [0.29, 0.717) is 11.8 Å². The lowest BCUT2D eigenvalue weighted by Crippen LogP contribution is -2.13. The predicted molar refractivity (Wildman–Crippen MR) is 105 cm³/mol. The number of hydrogen-bond acceptors (Lipinski definition) is 0. The normalized spacial score (nSPS) is 30.2. The van der Waals surface area contributed by atoms with Crippen LogP contribution in [0.25, 0.3) is 0 Å². The van der Waals surface area contributed by atoms with Crippen molar-refractivity contribution >= 4 is 0 Å². The van der Waals surface area contributed by atoms with Crippen LogP contribution in [0.15, 0.2) is 12.2 Å². The molecule has 0 spiro atoms. The molecule has 0 atom stereocenters. The summed E-state index contributed by atoms with van der Waals surface area (Å²) in [5.41, 5.74) is 0. The van der Waals surface area contributed by atoms with Crippen LogP contribution >= 0.6 is 0 Å². The van der Waals surface area contributed by atoms with E-state index in [1.807, 2.05) is 12.2 Å². The van der Waals surface area contributed by atoms with E-state index >= 15 is 0 Å². The van der Waals surface area contributed by atoms with Crippen molar-refractivity contribution in [3.8, 4) is 23.7 Å². The lowest BCUT2D eigenvalue weighted by atomic mass is 9.80. The zero-order valence-corrected chi connectivity index (χ0v) is 15.9. The Morgan fingerprint density at radius 3 is 1.67 bits per heavy atom. The van der Waals surface area contributed by atoms with Gasteiger partial charge in [-0.1, -0.05) is 63.2 Å². The molecule has 0 bridgehead atoms. The van der Waals surface area contributed by atoms with Crippen molar-refractivity contribution in [1.29, 1.82) is 0 Å². The monoisotopic (exact) mass is 324 g/mol. The fraction of sp³-hybridized carbons (Fsp3) is 0.750. The quantitative estimate of drug-likeness (QED) is 0.501. The fourth-order valence-corrected chi connectivity index (χ4v) is 4.22. The average molecular weight is 325 g/mol. The minimum Gasteiger partial charge on any atom is -0.0951 e. The third-order valence-electron chi connectivity index (χ3n) is 6.06. The van der Waals surface area contributed by atoms with Crippen molar-refractivity contribution in [1.82, 2.24) is 0 Å². The minimum absolute atomic E-state index is 0.629. The van der Waals surface area contributed by atoms with Crippen molar-refractivity contribution in [3.05, 3.63) is 12.2 Å². The first-order valence-corrected chi connectivity index (χ1v) is 10.5. The van der Waals surface area contributed by atoms with Crippen molar-refractivity contribution in [2.75, 3.05) is 0 Å². The molecule has 2 fully saturated rings. The molecule has 0 nitrogen and oxygen atoms in total. The lowest BCUT2D eigenvalue weighted by Gasteiger charge is -2.25. The Bertz CT molecular complexity index is 474. The summed E-state index contributed by atoms with van der Waals surface area (Å²) in [7, 11) is 0. The molecule has 0 aromatic carbocycles. The largest absolute Gasteiger partial charge is 0.0951 e. The Balaban J connectivity index is 1.63. The summed E-state index contributed by atoms with van der Waals surface area (Å²) in [6.45, 7) is 4.61.